The molecule has 8 nitrogen and oxygen atoms in total. The smallest absolute Gasteiger partial charge is 0.342 e. The van der Waals surface area contributed by atoms with Gasteiger partial charge in [0.1, 0.15) is 11.3 Å². The molecule has 3 rings (SSSR count). The number of amides is 3. The fourth-order valence-electron chi connectivity index (χ4n) is 3.11. The number of esters is 1. The Balaban J connectivity index is 2.01. The SMILES string of the molecule is Cc1cccc(-c2nn(-c3ccccc3)cc2C(=O)O[C@@H](C(=O)NC(N)=O)C(C)C)c1. The van der Waals surface area contributed by atoms with Crippen molar-refractivity contribution in [3.8, 4) is 16.9 Å². The van der Waals surface area contributed by atoms with Crippen molar-refractivity contribution in [2.24, 2.45) is 11.7 Å². The van der Waals surface area contributed by atoms with E-state index >= 15 is 0 Å². The van der Waals surface area contributed by atoms with Gasteiger partial charge in [-0.2, -0.15) is 5.10 Å². The second-order valence-corrected chi connectivity index (χ2v) is 7.46. The van der Waals surface area contributed by atoms with Crippen LogP contribution in [-0.2, 0) is 9.53 Å². The van der Waals surface area contributed by atoms with Crippen LogP contribution in [0.5, 0.6) is 0 Å². The molecule has 1 atom stereocenters. The minimum Gasteiger partial charge on any atom is -0.448 e. The Bertz CT molecular complexity index is 1110. The van der Waals surface area contributed by atoms with Gasteiger partial charge >= 0.3 is 12.0 Å². The maximum atomic E-state index is 13.1. The van der Waals surface area contributed by atoms with Crippen LogP contribution >= 0.6 is 0 Å². The molecule has 3 N–H and O–H groups in total. The van der Waals surface area contributed by atoms with E-state index in [9.17, 15) is 14.4 Å². The maximum absolute atomic E-state index is 13.1. The van der Waals surface area contributed by atoms with Gasteiger partial charge in [-0.1, -0.05) is 55.8 Å². The van der Waals surface area contributed by atoms with E-state index in [4.69, 9.17) is 10.5 Å². The molecule has 3 amide bonds. The van der Waals surface area contributed by atoms with Crippen LogP contribution in [-0.4, -0.2) is 33.8 Å². The van der Waals surface area contributed by atoms with Gasteiger partial charge in [0.05, 0.1) is 5.69 Å². The minimum absolute atomic E-state index is 0.201. The van der Waals surface area contributed by atoms with Gasteiger partial charge in [-0.25, -0.2) is 14.3 Å². The lowest BCUT2D eigenvalue weighted by molar-refractivity contribution is -0.130. The van der Waals surface area contributed by atoms with Gasteiger partial charge in [0, 0.05) is 11.8 Å². The second kappa shape index (κ2) is 9.25. The fourth-order valence-corrected chi connectivity index (χ4v) is 3.11. The number of hydrogen-bond donors (Lipinski definition) is 2. The molecule has 0 spiro atoms. The van der Waals surface area contributed by atoms with Crippen molar-refractivity contribution in [1.82, 2.24) is 15.1 Å². The van der Waals surface area contributed by atoms with Crippen LogP contribution in [0.25, 0.3) is 16.9 Å². The molecule has 31 heavy (non-hydrogen) atoms. The van der Waals surface area contributed by atoms with Gasteiger partial charge in [0.2, 0.25) is 0 Å². The highest BCUT2D eigenvalue weighted by Crippen LogP contribution is 2.26. The lowest BCUT2D eigenvalue weighted by Gasteiger charge is -2.19. The van der Waals surface area contributed by atoms with Crippen LogP contribution < -0.4 is 11.1 Å². The number of nitrogens with one attached hydrogen (secondary N) is 1. The number of rotatable bonds is 6. The molecular formula is C23H24N4O4. The number of aromatic nitrogens is 2. The summed E-state index contributed by atoms with van der Waals surface area (Å²) in [7, 11) is 0. The first kappa shape index (κ1) is 21.8. The molecule has 3 aromatic rings. The molecule has 160 valence electrons. The van der Waals surface area contributed by atoms with Gasteiger partial charge in [0.25, 0.3) is 5.91 Å². The summed E-state index contributed by atoms with van der Waals surface area (Å²) in [6.07, 6.45) is 0.379. The van der Waals surface area contributed by atoms with Crippen LogP contribution in [0, 0.1) is 12.8 Å². The van der Waals surface area contributed by atoms with Gasteiger partial charge in [-0.3, -0.25) is 10.1 Å². The number of urea groups is 1. The van der Waals surface area contributed by atoms with Crippen molar-refractivity contribution in [1.29, 1.82) is 0 Å². The fraction of sp³-hybridized carbons (Fsp3) is 0.217. The summed E-state index contributed by atoms with van der Waals surface area (Å²) in [6.45, 7) is 5.35. The molecule has 2 aromatic carbocycles. The van der Waals surface area contributed by atoms with Crippen LogP contribution in [0.4, 0.5) is 4.79 Å². The standard InChI is InChI=1S/C23H24N4O4/c1-14(2)20(21(28)25-23(24)30)31-22(29)18-13-27(17-10-5-4-6-11-17)26-19(18)16-9-7-8-15(3)12-16/h4-14,20H,1-3H3,(H3,24,25,28,30)/t20-/m1/s1. The highest BCUT2D eigenvalue weighted by atomic mass is 16.5. The molecule has 0 aliphatic heterocycles. The lowest BCUT2D eigenvalue weighted by atomic mass is 10.0. The molecule has 1 aromatic heterocycles. The molecule has 1 heterocycles. The van der Waals surface area contributed by atoms with E-state index in [-0.39, 0.29) is 11.5 Å². The van der Waals surface area contributed by atoms with Crippen molar-refractivity contribution in [3.63, 3.8) is 0 Å². The van der Waals surface area contributed by atoms with Gasteiger partial charge in [-0.15, -0.1) is 0 Å². The summed E-state index contributed by atoms with van der Waals surface area (Å²) < 4.78 is 7.08. The number of nitrogens with zero attached hydrogens (tertiary/aromatic N) is 2. The zero-order valence-corrected chi connectivity index (χ0v) is 17.5. The predicted molar refractivity (Wildman–Crippen MR) is 116 cm³/mol. The van der Waals surface area contributed by atoms with Gasteiger partial charge in [0.15, 0.2) is 6.10 Å². The van der Waals surface area contributed by atoms with E-state index in [1.54, 1.807) is 24.7 Å². The van der Waals surface area contributed by atoms with Crippen molar-refractivity contribution in [2.45, 2.75) is 26.9 Å². The van der Waals surface area contributed by atoms with Crippen LogP contribution in [0.15, 0.2) is 60.8 Å². The van der Waals surface area contributed by atoms with E-state index in [1.807, 2.05) is 66.8 Å². The third-order valence-corrected chi connectivity index (χ3v) is 4.59. The molecule has 0 aliphatic carbocycles. The van der Waals surface area contributed by atoms with Crippen LogP contribution in [0.2, 0.25) is 0 Å². The first-order chi connectivity index (χ1) is 14.8. The second-order valence-electron chi connectivity index (χ2n) is 7.46. The molecular weight excluding hydrogens is 396 g/mol. The van der Waals surface area contributed by atoms with Crippen molar-refractivity contribution in [2.75, 3.05) is 0 Å². The minimum atomic E-state index is -1.19. The number of carbonyl (C=O) groups excluding carboxylic acids is 3. The first-order valence-electron chi connectivity index (χ1n) is 9.79. The molecule has 0 fully saturated rings. The van der Waals surface area contributed by atoms with Crippen molar-refractivity contribution >= 4 is 17.9 Å². The number of hydrogen-bond acceptors (Lipinski definition) is 5. The summed E-state index contributed by atoms with van der Waals surface area (Å²) >= 11 is 0. The van der Waals surface area contributed by atoms with E-state index in [1.165, 1.54) is 0 Å². The van der Waals surface area contributed by atoms with Gasteiger partial charge in [-0.05, 0) is 31.0 Å². The Morgan fingerprint density at radius 2 is 1.77 bits per heavy atom. The number of nitrogens with two attached hydrogens (primary N) is 1. The zero-order chi connectivity index (χ0) is 22.5. The highest BCUT2D eigenvalue weighted by Gasteiger charge is 2.30. The molecule has 0 unspecified atom stereocenters. The zero-order valence-electron chi connectivity index (χ0n) is 17.5. The van der Waals surface area contributed by atoms with E-state index in [2.05, 4.69) is 5.10 Å². The third kappa shape index (κ3) is 5.16. The van der Waals surface area contributed by atoms with Crippen molar-refractivity contribution < 1.29 is 19.1 Å². The van der Waals surface area contributed by atoms with Gasteiger partial charge < -0.3 is 10.5 Å². The Kier molecular flexibility index (Phi) is 6.49. The number of carbonyl (C=O) groups is 3. The quantitative estimate of drug-likeness (QED) is 0.594. The Hall–Kier alpha value is -3.94. The average Bonchev–Trinajstić information content (AvgIpc) is 3.17. The summed E-state index contributed by atoms with van der Waals surface area (Å²) in [5.74, 6) is -1.88. The number of para-hydroxylation sites is 1. The Morgan fingerprint density at radius 3 is 2.39 bits per heavy atom. The van der Waals surface area contributed by atoms with Crippen LogP contribution in [0.3, 0.4) is 0 Å². The van der Waals surface area contributed by atoms with E-state index in [0.29, 0.717) is 5.69 Å². The average molecular weight is 420 g/mol. The number of primary amides is 1. The lowest BCUT2D eigenvalue weighted by Crippen LogP contribution is -2.45. The summed E-state index contributed by atoms with van der Waals surface area (Å²) in [6, 6.07) is 15.9. The summed E-state index contributed by atoms with van der Waals surface area (Å²) in [5.41, 5.74) is 8.17. The van der Waals surface area contributed by atoms with Crippen LogP contribution in [0.1, 0.15) is 29.8 Å². The molecule has 0 aliphatic rings. The third-order valence-electron chi connectivity index (χ3n) is 4.59. The number of benzene rings is 2. The van der Waals surface area contributed by atoms with E-state index in [0.717, 1.165) is 16.8 Å². The number of aryl methyl sites for hydroxylation is 1. The summed E-state index contributed by atoms with van der Waals surface area (Å²) in [5, 5.41) is 6.57. The molecule has 0 saturated carbocycles. The van der Waals surface area contributed by atoms with E-state index < -0.39 is 24.0 Å². The first-order valence-corrected chi connectivity index (χ1v) is 9.79. The largest absolute Gasteiger partial charge is 0.448 e. The maximum Gasteiger partial charge on any atom is 0.342 e. The highest BCUT2D eigenvalue weighted by molar-refractivity contribution is 6.00. The number of imide groups is 1. The van der Waals surface area contributed by atoms with Crippen molar-refractivity contribution in [3.05, 3.63) is 71.9 Å². The molecule has 0 saturated heterocycles. The summed E-state index contributed by atoms with van der Waals surface area (Å²) in [4.78, 5) is 36.4. The Morgan fingerprint density at radius 1 is 1.06 bits per heavy atom. The molecule has 8 heteroatoms. The molecule has 0 bridgehead atoms. The topological polar surface area (TPSA) is 116 Å². The monoisotopic (exact) mass is 420 g/mol. The number of ether oxygens (including phenoxy) is 1. The molecule has 0 radical (unpaired) electrons. The normalized spacial score (nSPS) is 11.7. The Labute approximate surface area is 180 Å². The predicted octanol–water partition coefficient (Wildman–Crippen LogP) is 3.22.